The fourth-order valence-electron chi connectivity index (χ4n) is 2.84. The van der Waals surface area contributed by atoms with Crippen LogP contribution >= 0.6 is 0 Å². The second kappa shape index (κ2) is 6.68. The maximum Gasteiger partial charge on any atom is 0.433 e. The molecule has 0 bridgehead atoms. The van der Waals surface area contributed by atoms with E-state index in [0.29, 0.717) is 12.8 Å². The smallest absolute Gasteiger partial charge is 0.396 e. The van der Waals surface area contributed by atoms with E-state index in [9.17, 15) is 18.0 Å². The Hall–Kier alpha value is -1.57. The minimum Gasteiger partial charge on any atom is -0.396 e. The first-order valence-corrected chi connectivity index (χ1v) is 7.41. The summed E-state index contributed by atoms with van der Waals surface area (Å²) in [4.78, 5) is 12.1. The van der Waals surface area contributed by atoms with Gasteiger partial charge in [0.2, 0.25) is 0 Å². The molecule has 1 aromatic rings. The summed E-state index contributed by atoms with van der Waals surface area (Å²) >= 11 is 0. The van der Waals surface area contributed by atoms with Gasteiger partial charge in [-0.25, -0.2) is 0 Å². The summed E-state index contributed by atoms with van der Waals surface area (Å²) in [6.45, 7) is 1.70. The Morgan fingerprint density at radius 3 is 2.55 bits per heavy atom. The highest BCUT2D eigenvalue weighted by molar-refractivity contribution is 5.95. The summed E-state index contributed by atoms with van der Waals surface area (Å²) in [5, 5.41) is 15.4. The third-order valence-corrected chi connectivity index (χ3v) is 4.09. The monoisotopic (exact) mass is 319 g/mol. The lowest BCUT2D eigenvalue weighted by atomic mass is 9.86. The van der Waals surface area contributed by atoms with Crippen LogP contribution in [0.25, 0.3) is 0 Å². The number of carbonyl (C=O) groups is 1. The highest BCUT2D eigenvalue weighted by atomic mass is 19.4. The quantitative estimate of drug-likeness (QED) is 0.894. The minimum absolute atomic E-state index is 0.0454. The van der Waals surface area contributed by atoms with Crippen molar-refractivity contribution >= 4 is 5.91 Å². The molecule has 8 heteroatoms. The van der Waals surface area contributed by atoms with Gasteiger partial charge in [-0.1, -0.05) is 0 Å². The largest absolute Gasteiger partial charge is 0.433 e. The average Bonchev–Trinajstić information content (AvgIpc) is 2.92. The number of aryl methyl sites for hydroxylation is 1. The van der Waals surface area contributed by atoms with E-state index in [1.54, 1.807) is 6.92 Å². The van der Waals surface area contributed by atoms with E-state index in [4.69, 9.17) is 5.11 Å². The SMILES string of the molecule is CCn1ncc(C(=O)NC2CCC(CO)CC2)c1C(F)(F)F. The van der Waals surface area contributed by atoms with E-state index in [1.807, 2.05) is 0 Å². The van der Waals surface area contributed by atoms with Crippen LogP contribution in [-0.2, 0) is 12.7 Å². The Balaban J connectivity index is 2.09. The van der Waals surface area contributed by atoms with Crippen molar-refractivity contribution in [1.29, 1.82) is 0 Å². The second-order valence-electron chi connectivity index (χ2n) is 5.59. The number of nitrogens with zero attached hydrogens (tertiary/aromatic N) is 2. The first kappa shape index (κ1) is 16.8. The summed E-state index contributed by atoms with van der Waals surface area (Å²) in [6.07, 6.45) is -0.779. The van der Waals surface area contributed by atoms with E-state index in [0.717, 1.165) is 23.7 Å². The number of aliphatic hydroxyl groups excluding tert-OH is 1. The molecular formula is C14H20F3N3O2. The highest BCUT2D eigenvalue weighted by Gasteiger charge is 2.40. The minimum atomic E-state index is -4.62. The van der Waals surface area contributed by atoms with Gasteiger partial charge in [0.15, 0.2) is 5.69 Å². The molecule has 1 amide bonds. The number of alkyl halides is 3. The van der Waals surface area contributed by atoms with E-state index in [1.165, 1.54) is 0 Å². The van der Waals surface area contributed by atoms with Crippen LogP contribution in [-0.4, -0.2) is 33.4 Å². The van der Waals surface area contributed by atoms with Crippen LogP contribution in [0.5, 0.6) is 0 Å². The fraction of sp³-hybridized carbons (Fsp3) is 0.714. The molecule has 1 fully saturated rings. The summed E-state index contributed by atoms with van der Waals surface area (Å²) < 4.78 is 40.1. The summed E-state index contributed by atoms with van der Waals surface area (Å²) in [5.41, 5.74) is -1.44. The Morgan fingerprint density at radius 1 is 1.41 bits per heavy atom. The zero-order valence-electron chi connectivity index (χ0n) is 12.4. The van der Waals surface area contributed by atoms with Crippen LogP contribution in [0, 0.1) is 5.92 Å². The normalized spacial score (nSPS) is 22.6. The maximum absolute atomic E-state index is 13.1. The first-order chi connectivity index (χ1) is 10.4. The van der Waals surface area contributed by atoms with Gasteiger partial charge < -0.3 is 10.4 Å². The van der Waals surface area contributed by atoms with Crippen LogP contribution in [0.15, 0.2) is 6.20 Å². The zero-order valence-corrected chi connectivity index (χ0v) is 12.4. The standard InChI is InChI=1S/C14H20F3N3O2/c1-2-20-12(14(15,16)17)11(7-18-20)13(22)19-10-5-3-9(8-21)4-6-10/h7,9-10,21H,2-6,8H2,1H3,(H,19,22). The third kappa shape index (κ3) is 3.60. The number of amides is 1. The van der Waals surface area contributed by atoms with Gasteiger partial charge in [-0.15, -0.1) is 0 Å². The molecule has 0 spiro atoms. The van der Waals surface area contributed by atoms with Crippen molar-refractivity contribution < 1.29 is 23.1 Å². The molecule has 0 atom stereocenters. The molecule has 0 aliphatic heterocycles. The van der Waals surface area contributed by atoms with Crippen molar-refractivity contribution in [2.75, 3.05) is 6.61 Å². The third-order valence-electron chi connectivity index (χ3n) is 4.09. The molecule has 1 saturated carbocycles. The summed E-state index contributed by atoms with van der Waals surface area (Å²) in [6, 6.07) is -0.152. The predicted octanol–water partition coefficient (Wildman–Crippen LogP) is 2.20. The molecule has 1 aliphatic carbocycles. The van der Waals surface area contributed by atoms with Gasteiger partial charge in [0.1, 0.15) is 0 Å². The molecule has 2 rings (SSSR count). The number of hydrogen-bond acceptors (Lipinski definition) is 3. The summed E-state index contributed by atoms with van der Waals surface area (Å²) in [5.74, 6) is -0.513. The van der Waals surface area contributed by atoms with Gasteiger partial charge in [-0.3, -0.25) is 9.48 Å². The van der Waals surface area contributed by atoms with Gasteiger partial charge in [-0.2, -0.15) is 18.3 Å². The second-order valence-corrected chi connectivity index (χ2v) is 5.59. The highest BCUT2D eigenvalue weighted by Crippen LogP contribution is 2.32. The van der Waals surface area contributed by atoms with Crippen LogP contribution in [0.3, 0.4) is 0 Å². The number of aromatic nitrogens is 2. The van der Waals surface area contributed by atoms with Crippen molar-refractivity contribution in [3.63, 3.8) is 0 Å². The lowest BCUT2D eigenvalue weighted by Gasteiger charge is -2.28. The molecule has 0 saturated heterocycles. The van der Waals surface area contributed by atoms with Gasteiger partial charge >= 0.3 is 6.18 Å². The van der Waals surface area contributed by atoms with Crippen molar-refractivity contribution in [1.82, 2.24) is 15.1 Å². The van der Waals surface area contributed by atoms with Crippen LogP contribution in [0.4, 0.5) is 13.2 Å². The molecular weight excluding hydrogens is 299 g/mol. The van der Waals surface area contributed by atoms with E-state index in [2.05, 4.69) is 10.4 Å². The van der Waals surface area contributed by atoms with E-state index >= 15 is 0 Å². The number of aliphatic hydroxyl groups is 1. The topological polar surface area (TPSA) is 67.2 Å². The van der Waals surface area contributed by atoms with Crippen molar-refractivity contribution in [3.05, 3.63) is 17.5 Å². The van der Waals surface area contributed by atoms with Crippen molar-refractivity contribution in [2.24, 2.45) is 5.92 Å². The Morgan fingerprint density at radius 2 is 2.05 bits per heavy atom. The number of rotatable bonds is 4. The molecule has 1 aromatic heterocycles. The first-order valence-electron chi connectivity index (χ1n) is 7.41. The molecule has 22 heavy (non-hydrogen) atoms. The molecule has 1 heterocycles. The van der Waals surface area contributed by atoms with E-state index in [-0.39, 0.29) is 25.1 Å². The van der Waals surface area contributed by atoms with Crippen molar-refractivity contribution in [2.45, 2.75) is 51.4 Å². The Labute approximate surface area is 126 Å². The van der Waals surface area contributed by atoms with Gasteiger partial charge in [0.05, 0.1) is 11.8 Å². The Kier molecular flexibility index (Phi) is 5.10. The number of nitrogens with one attached hydrogen (secondary N) is 1. The van der Waals surface area contributed by atoms with Crippen molar-refractivity contribution in [3.8, 4) is 0 Å². The van der Waals surface area contributed by atoms with E-state index < -0.39 is 23.3 Å². The molecule has 0 unspecified atom stereocenters. The predicted molar refractivity (Wildman–Crippen MR) is 73.2 cm³/mol. The van der Waals surface area contributed by atoms with Crippen LogP contribution in [0.2, 0.25) is 0 Å². The number of hydrogen-bond donors (Lipinski definition) is 2. The lowest BCUT2D eigenvalue weighted by Crippen LogP contribution is -2.38. The lowest BCUT2D eigenvalue weighted by molar-refractivity contribution is -0.144. The molecule has 1 aliphatic rings. The van der Waals surface area contributed by atoms with Crippen LogP contribution in [0.1, 0.15) is 48.7 Å². The molecule has 124 valence electrons. The van der Waals surface area contributed by atoms with Gasteiger partial charge in [0.25, 0.3) is 5.91 Å². The molecule has 5 nitrogen and oxygen atoms in total. The van der Waals surface area contributed by atoms with Gasteiger partial charge in [-0.05, 0) is 38.5 Å². The molecule has 0 radical (unpaired) electrons. The molecule has 0 aromatic carbocycles. The average molecular weight is 319 g/mol. The maximum atomic E-state index is 13.1. The van der Waals surface area contributed by atoms with Crippen LogP contribution < -0.4 is 5.32 Å². The Bertz CT molecular complexity index is 520. The zero-order chi connectivity index (χ0) is 16.3. The van der Waals surface area contributed by atoms with Gasteiger partial charge in [0, 0.05) is 19.2 Å². The summed E-state index contributed by atoms with van der Waals surface area (Å²) in [7, 11) is 0. The number of halogens is 3. The fourth-order valence-corrected chi connectivity index (χ4v) is 2.84. The molecule has 2 N–H and O–H groups in total. The number of carbonyl (C=O) groups excluding carboxylic acids is 1.